The molecule has 1 fully saturated rings. The molecular formula is C28H26N8O14S. The lowest BCUT2D eigenvalue weighted by atomic mass is 9.98. The van der Waals surface area contributed by atoms with Gasteiger partial charge < -0.3 is 35.8 Å². The molecule has 1 aromatic heterocycles. The van der Waals surface area contributed by atoms with E-state index in [2.05, 4.69) is 15.5 Å². The molecule has 0 spiro atoms. The van der Waals surface area contributed by atoms with Crippen LogP contribution in [-0.4, -0.2) is 87.4 Å². The molecule has 0 radical (unpaired) electrons. The largest absolute Gasteiger partial charge is 0.459 e. The van der Waals surface area contributed by atoms with Gasteiger partial charge in [0.05, 0.1) is 9.85 Å². The summed E-state index contributed by atoms with van der Waals surface area (Å²) in [4.78, 5) is 96.5. The first-order valence-corrected chi connectivity index (χ1v) is 15.1. The van der Waals surface area contributed by atoms with E-state index in [4.69, 9.17) is 35.4 Å². The van der Waals surface area contributed by atoms with Gasteiger partial charge in [0.15, 0.2) is 17.5 Å². The van der Waals surface area contributed by atoms with Gasteiger partial charge in [-0.25, -0.2) is 24.4 Å². The van der Waals surface area contributed by atoms with E-state index in [0.29, 0.717) is 16.2 Å². The number of ether oxygens (including phenoxy) is 3. The van der Waals surface area contributed by atoms with Gasteiger partial charge in [0, 0.05) is 29.6 Å². The highest BCUT2D eigenvalue weighted by Gasteiger charge is 2.51. The number of rotatable bonds is 17. The third kappa shape index (κ3) is 10.4. The highest BCUT2D eigenvalue weighted by atomic mass is 32.1. The van der Waals surface area contributed by atoms with Crippen LogP contribution in [0, 0.1) is 20.2 Å². The SMILES string of the molecule is NC(=O)OCC1C(NC(=O)C(=NOCC(=O)OCc2ccc([N+](=O)[O-])cc2)c2csc(N)n2)C(=O)N1OCC(=O)OCc1ccc([N+](=O)[O-])cc1. The molecule has 2 atom stereocenters. The van der Waals surface area contributed by atoms with Gasteiger partial charge in [0.2, 0.25) is 6.61 Å². The fourth-order valence-corrected chi connectivity index (χ4v) is 4.64. The lowest BCUT2D eigenvalue weighted by Crippen LogP contribution is -2.72. The quantitative estimate of drug-likeness (QED) is 0.0424. The number of hydroxylamine groups is 2. The lowest BCUT2D eigenvalue weighted by Gasteiger charge is -2.44. The number of non-ortho nitro benzene ring substituents is 2. The number of nitrogens with two attached hydrogens (primary N) is 2. The van der Waals surface area contributed by atoms with E-state index in [1.165, 1.54) is 53.9 Å². The third-order valence-electron chi connectivity index (χ3n) is 6.59. The maximum absolute atomic E-state index is 13.3. The Morgan fingerprint density at radius 3 is 1.94 bits per heavy atom. The molecule has 23 heteroatoms. The number of nitrogens with zero attached hydrogens (tertiary/aromatic N) is 5. The molecule has 0 bridgehead atoms. The first-order chi connectivity index (χ1) is 24.3. The molecule has 2 unspecified atom stereocenters. The molecule has 0 aliphatic carbocycles. The summed E-state index contributed by atoms with van der Waals surface area (Å²) in [6.07, 6.45) is -1.21. The number of nitrogen functional groups attached to an aromatic ring is 1. The Morgan fingerprint density at radius 2 is 1.45 bits per heavy atom. The number of β-lactam (4-membered cyclic amide) rings is 1. The smallest absolute Gasteiger partial charge is 0.404 e. The monoisotopic (exact) mass is 730 g/mol. The minimum absolute atomic E-state index is 0.0421. The number of amides is 3. The molecule has 1 aliphatic heterocycles. The van der Waals surface area contributed by atoms with Crippen LogP contribution in [0.15, 0.2) is 59.1 Å². The Kier molecular flexibility index (Phi) is 12.4. The predicted molar refractivity (Wildman–Crippen MR) is 169 cm³/mol. The normalized spacial score (nSPS) is 15.3. The number of nitro benzene ring substituents is 2. The molecule has 3 aromatic rings. The van der Waals surface area contributed by atoms with Crippen molar-refractivity contribution in [1.29, 1.82) is 0 Å². The molecule has 3 amide bonds. The summed E-state index contributed by atoms with van der Waals surface area (Å²) in [5, 5.41) is 29.7. The zero-order chi connectivity index (χ0) is 37.1. The highest BCUT2D eigenvalue weighted by Crippen LogP contribution is 2.22. The molecule has 51 heavy (non-hydrogen) atoms. The molecule has 268 valence electrons. The number of oxime groups is 1. The van der Waals surface area contributed by atoms with E-state index < -0.39 is 77.3 Å². The van der Waals surface area contributed by atoms with Crippen molar-refractivity contribution < 1.29 is 57.7 Å². The van der Waals surface area contributed by atoms with Crippen LogP contribution in [0.1, 0.15) is 16.8 Å². The van der Waals surface area contributed by atoms with Crippen LogP contribution in [0.2, 0.25) is 0 Å². The fourth-order valence-electron chi connectivity index (χ4n) is 4.09. The van der Waals surface area contributed by atoms with Crippen molar-refractivity contribution in [2.75, 3.05) is 25.6 Å². The van der Waals surface area contributed by atoms with Crippen LogP contribution in [0.25, 0.3) is 0 Å². The Balaban J connectivity index is 1.34. The van der Waals surface area contributed by atoms with Gasteiger partial charge in [-0.1, -0.05) is 5.16 Å². The second kappa shape index (κ2) is 17.1. The standard InChI is InChI=1S/C28H26N8O14S/c29-27-31-19(14-51-27)23(33-49-12-21(37)46-9-15-1-5-17(6-2-15)35(42)43)25(39)32-24-20(11-48-28(30)41)34(26(24)40)50-13-22(38)47-10-16-3-7-18(8-4-16)36(44)45/h1-8,14,20,24H,9-13H2,(H2,29,31)(H2,30,41)(H,32,39). The summed E-state index contributed by atoms with van der Waals surface area (Å²) in [6.45, 7) is -2.64. The van der Waals surface area contributed by atoms with Crippen molar-refractivity contribution >= 4 is 63.4 Å². The molecule has 0 saturated carbocycles. The maximum Gasteiger partial charge on any atom is 0.404 e. The van der Waals surface area contributed by atoms with Gasteiger partial charge in [-0.2, -0.15) is 0 Å². The molecule has 2 aromatic carbocycles. The summed E-state index contributed by atoms with van der Waals surface area (Å²) in [5.74, 6) is -3.75. The van der Waals surface area contributed by atoms with Crippen molar-refractivity contribution in [3.8, 4) is 0 Å². The number of anilines is 1. The highest BCUT2D eigenvalue weighted by molar-refractivity contribution is 7.13. The second-order valence-electron chi connectivity index (χ2n) is 10.0. The van der Waals surface area contributed by atoms with Crippen molar-refractivity contribution in [2.24, 2.45) is 10.9 Å². The van der Waals surface area contributed by atoms with Gasteiger partial charge in [0.25, 0.3) is 23.2 Å². The predicted octanol–water partition coefficient (Wildman–Crippen LogP) is 0.472. The van der Waals surface area contributed by atoms with Crippen LogP contribution < -0.4 is 16.8 Å². The third-order valence-corrected chi connectivity index (χ3v) is 7.26. The number of hydrogen-bond acceptors (Lipinski definition) is 18. The average molecular weight is 731 g/mol. The maximum atomic E-state index is 13.3. The summed E-state index contributed by atoms with van der Waals surface area (Å²) in [6, 6.07) is 7.88. The van der Waals surface area contributed by atoms with Gasteiger partial charge in [0.1, 0.15) is 37.6 Å². The zero-order valence-electron chi connectivity index (χ0n) is 25.9. The summed E-state index contributed by atoms with van der Waals surface area (Å²) >= 11 is 0.942. The molecule has 4 rings (SSSR count). The van der Waals surface area contributed by atoms with Crippen LogP contribution in [0.3, 0.4) is 0 Å². The Hall–Kier alpha value is -6.75. The van der Waals surface area contributed by atoms with Crippen LogP contribution in [0.5, 0.6) is 0 Å². The summed E-state index contributed by atoms with van der Waals surface area (Å²) in [5.41, 5.74) is 10.7. The first-order valence-electron chi connectivity index (χ1n) is 14.2. The number of thiazole rings is 1. The number of nitrogens with one attached hydrogen (secondary N) is 1. The Bertz CT molecular complexity index is 1830. The van der Waals surface area contributed by atoms with E-state index in [1.807, 2.05) is 0 Å². The average Bonchev–Trinajstić information content (AvgIpc) is 3.54. The lowest BCUT2D eigenvalue weighted by molar-refractivity contribution is -0.385. The van der Waals surface area contributed by atoms with Crippen LogP contribution >= 0.6 is 11.3 Å². The number of hydrogen-bond donors (Lipinski definition) is 3. The van der Waals surface area contributed by atoms with Crippen molar-refractivity contribution in [2.45, 2.75) is 25.3 Å². The number of carbonyl (C=O) groups excluding carboxylic acids is 5. The van der Waals surface area contributed by atoms with Gasteiger partial charge in [-0.15, -0.1) is 11.3 Å². The van der Waals surface area contributed by atoms with Gasteiger partial charge in [-0.3, -0.25) is 34.7 Å². The van der Waals surface area contributed by atoms with E-state index in [9.17, 15) is 44.2 Å². The molecule has 22 nitrogen and oxygen atoms in total. The number of carbonyl (C=O) groups is 5. The van der Waals surface area contributed by atoms with Crippen molar-refractivity contribution in [1.82, 2.24) is 15.4 Å². The zero-order valence-corrected chi connectivity index (χ0v) is 26.7. The molecule has 1 aliphatic rings. The minimum Gasteiger partial charge on any atom is -0.459 e. The molecule has 2 heterocycles. The van der Waals surface area contributed by atoms with E-state index >= 15 is 0 Å². The Morgan fingerprint density at radius 1 is 0.902 bits per heavy atom. The van der Waals surface area contributed by atoms with E-state index in [-0.39, 0.29) is 35.4 Å². The van der Waals surface area contributed by atoms with E-state index in [1.54, 1.807) is 0 Å². The topological polar surface area (TPSA) is 310 Å². The second-order valence-corrected chi connectivity index (χ2v) is 10.9. The Labute approximate surface area is 289 Å². The summed E-state index contributed by atoms with van der Waals surface area (Å²) < 4.78 is 14.9. The van der Waals surface area contributed by atoms with Gasteiger partial charge in [-0.05, 0) is 35.4 Å². The number of benzene rings is 2. The number of nitro groups is 2. The van der Waals surface area contributed by atoms with Crippen molar-refractivity contribution in [3.05, 3.63) is 91.0 Å². The molecular weight excluding hydrogens is 704 g/mol. The van der Waals surface area contributed by atoms with E-state index in [0.717, 1.165) is 11.3 Å². The van der Waals surface area contributed by atoms with Gasteiger partial charge >= 0.3 is 18.0 Å². The van der Waals surface area contributed by atoms with Crippen LogP contribution in [-0.2, 0) is 56.3 Å². The first kappa shape index (κ1) is 37.1. The fraction of sp³-hybridized carbons (Fsp3) is 0.250. The number of esters is 2. The minimum atomic E-state index is -1.40. The number of primary amides is 1. The molecule has 5 N–H and O–H groups in total. The summed E-state index contributed by atoms with van der Waals surface area (Å²) in [7, 11) is 0. The van der Waals surface area contributed by atoms with Crippen molar-refractivity contribution in [3.63, 3.8) is 0 Å². The molecule has 1 saturated heterocycles. The number of aromatic nitrogens is 1. The van der Waals surface area contributed by atoms with Crippen LogP contribution in [0.4, 0.5) is 21.3 Å².